The van der Waals surface area contributed by atoms with Gasteiger partial charge in [0, 0.05) is 4.91 Å². The number of rotatable bonds is 2. The van der Waals surface area contributed by atoms with Crippen molar-refractivity contribution in [1.29, 1.82) is 0 Å². The summed E-state index contributed by atoms with van der Waals surface area (Å²) in [5.74, 6) is 0. The molecule has 7 nitrogen and oxygen atoms in total. The van der Waals surface area contributed by atoms with Gasteiger partial charge >= 0.3 is 0 Å². The molecule has 0 bridgehead atoms. The Bertz CT molecular complexity index is 243. The lowest BCUT2D eigenvalue weighted by molar-refractivity contribution is -0.182. The third-order valence-corrected chi connectivity index (χ3v) is 2.32. The van der Waals surface area contributed by atoms with Crippen LogP contribution >= 0.6 is 0 Å². The highest BCUT2D eigenvalue weighted by molar-refractivity contribution is 4.95. The minimum Gasteiger partial charge on any atom is -0.394 e. The summed E-state index contributed by atoms with van der Waals surface area (Å²) >= 11 is 0. The zero-order valence-corrected chi connectivity index (χ0v) is 7.69. The molecule has 1 aliphatic rings. The van der Waals surface area contributed by atoms with Crippen molar-refractivity contribution in [1.82, 2.24) is 0 Å². The number of nitrogens with zero attached hydrogens (tertiary/aromatic N) is 3. The zero-order valence-electron chi connectivity index (χ0n) is 7.69. The van der Waals surface area contributed by atoms with Gasteiger partial charge in [-0.3, -0.25) is 0 Å². The van der Waals surface area contributed by atoms with Gasteiger partial charge in [-0.2, -0.15) is 0 Å². The van der Waals surface area contributed by atoms with E-state index in [9.17, 15) is 10.2 Å². The van der Waals surface area contributed by atoms with E-state index in [4.69, 9.17) is 15.4 Å². The second kappa shape index (κ2) is 4.59. The normalized spacial score (nSPS) is 43.0. The molecule has 80 valence electrons. The van der Waals surface area contributed by atoms with Gasteiger partial charge in [-0.15, -0.1) is 0 Å². The Labute approximate surface area is 80.6 Å². The highest BCUT2D eigenvalue weighted by atomic mass is 16.5. The monoisotopic (exact) mass is 203 g/mol. The van der Waals surface area contributed by atoms with Gasteiger partial charge in [0.05, 0.1) is 31.0 Å². The first-order chi connectivity index (χ1) is 6.61. The van der Waals surface area contributed by atoms with Crippen molar-refractivity contribution in [2.24, 2.45) is 5.11 Å². The molecule has 0 spiro atoms. The van der Waals surface area contributed by atoms with Crippen LogP contribution in [0, 0.1) is 0 Å². The Morgan fingerprint density at radius 1 is 1.43 bits per heavy atom. The minimum absolute atomic E-state index is 0.379. The van der Waals surface area contributed by atoms with Crippen LogP contribution in [0.25, 0.3) is 10.4 Å². The van der Waals surface area contributed by atoms with Crippen LogP contribution in [0.1, 0.15) is 6.92 Å². The molecule has 0 aliphatic carbocycles. The molecule has 1 fully saturated rings. The van der Waals surface area contributed by atoms with E-state index in [0.717, 1.165) is 0 Å². The summed E-state index contributed by atoms with van der Waals surface area (Å²) in [6, 6.07) is -0.971. The molecule has 1 heterocycles. The maximum Gasteiger partial charge on any atom is 0.107 e. The van der Waals surface area contributed by atoms with E-state index in [1.165, 1.54) is 0 Å². The molecule has 3 N–H and O–H groups in total. The van der Waals surface area contributed by atoms with E-state index in [0.29, 0.717) is 0 Å². The molecular formula is C7H13N3O4. The van der Waals surface area contributed by atoms with Crippen LogP contribution in [0.5, 0.6) is 0 Å². The maximum absolute atomic E-state index is 9.54. The van der Waals surface area contributed by atoms with Gasteiger partial charge < -0.3 is 20.1 Å². The standard InChI is InChI=1S/C7H13N3O4/c1-3-6(12)5(9-10-8)7(13)4(2-11)14-3/h3-7,11-13H,2H2,1H3/t3-,4?,5+,6?,7+/m0/s1. The van der Waals surface area contributed by atoms with Crippen LogP contribution in [0.15, 0.2) is 5.11 Å². The molecule has 2 unspecified atom stereocenters. The molecule has 0 saturated carbocycles. The summed E-state index contributed by atoms with van der Waals surface area (Å²) in [6.07, 6.45) is -3.62. The summed E-state index contributed by atoms with van der Waals surface area (Å²) < 4.78 is 5.10. The lowest BCUT2D eigenvalue weighted by atomic mass is 9.94. The van der Waals surface area contributed by atoms with Crippen molar-refractivity contribution in [2.75, 3.05) is 6.61 Å². The summed E-state index contributed by atoms with van der Waals surface area (Å²) in [6.45, 7) is 1.20. The van der Waals surface area contributed by atoms with Gasteiger partial charge in [-0.25, -0.2) is 0 Å². The smallest absolute Gasteiger partial charge is 0.107 e. The third kappa shape index (κ3) is 1.97. The molecule has 0 aromatic carbocycles. The largest absolute Gasteiger partial charge is 0.394 e. The van der Waals surface area contributed by atoms with E-state index in [1.807, 2.05) is 0 Å². The number of ether oxygens (including phenoxy) is 1. The molecule has 0 amide bonds. The number of hydrogen-bond donors (Lipinski definition) is 3. The first-order valence-electron chi connectivity index (χ1n) is 4.28. The van der Waals surface area contributed by atoms with Gasteiger partial charge in [-0.1, -0.05) is 5.11 Å². The fourth-order valence-electron chi connectivity index (χ4n) is 1.48. The van der Waals surface area contributed by atoms with Crippen molar-refractivity contribution in [3.8, 4) is 0 Å². The SMILES string of the molecule is C[C@@H]1OC(CO)[C@@H](O)[C@H](N=[N+]=[N-])C1O. The summed E-state index contributed by atoms with van der Waals surface area (Å²) in [5, 5.41) is 31.2. The molecule has 7 heteroatoms. The van der Waals surface area contributed by atoms with Crippen molar-refractivity contribution in [3.05, 3.63) is 10.4 Å². The molecule has 1 rings (SSSR count). The van der Waals surface area contributed by atoms with E-state index >= 15 is 0 Å². The molecule has 1 saturated heterocycles. The van der Waals surface area contributed by atoms with E-state index in [2.05, 4.69) is 10.0 Å². The summed E-state index contributed by atoms with van der Waals surface area (Å²) in [4.78, 5) is 2.53. The van der Waals surface area contributed by atoms with Gasteiger partial charge in [-0.05, 0) is 12.5 Å². The summed E-state index contributed by atoms with van der Waals surface area (Å²) in [7, 11) is 0. The van der Waals surface area contributed by atoms with Crippen molar-refractivity contribution in [3.63, 3.8) is 0 Å². The average molecular weight is 203 g/mol. The number of aliphatic hydroxyl groups is 3. The second-order valence-corrected chi connectivity index (χ2v) is 3.24. The lowest BCUT2D eigenvalue weighted by Crippen LogP contribution is -2.56. The Morgan fingerprint density at radius 3 is 2.57 bits per heavy atom. The lowest BCUT2D eigenvalue weighted by Gasteiger charge is -2.39. The Morgan fingerprint density at radius 2 is 2.07 bits per heavy atom. The maximum atomic E-state index is 9.54. The molecule has 0 aromatic heterocycles. The minimum atomic E-state index is -1.18. The zero-order chi connectivity index (χ0) is 10.7. The molecule has 5 atom stereocenters. The molecule has 0 aromatic rings. The third-order valence-electron chi connectivity index (χ3n) is 2.32. The van der Waals surface area contributed by atoms with Gasteiger partial charge in [0.1, 0.15) is 6.10 Å². The Balaban J connectivity index is 2.82. The van der Waals surface area contributed by atoms with Crippen LogP contribution in [0.3, 0.4) is 0 Å². The van der Waals surface area contributed by atoms with E-state index in [-0.39, 0.29) is 6.61 Å². The summed E-state index contributed by atoms with van der Waals surface area (Å²) in [5.41, 5.74) is 8.23. The fourth-order valence-corrected chi connectivity index (χ4v) is 1.48. The average Bonchev–Trinajstić information content (AvgIpc) is 2.18. The van der Waals surface area contributed by atoms with Crippen LogP contribution < -0.4 is 0 Å². The first kappa shape index (κ1) is 11.2. The molecule has 14 heavy (non-hydrogen) atoms. The van der Waals surface area contributed by atoms with Crippen molar-refractivity contribution >= 4 is 0 Å². The van der Waals surface area contributed by atoms with Crippen LogP contribution in [-0.4, -0.2) is 52.4 Å². The number of azide groups is 1. The predicted octanol–water partition coefficient (Wildman–Crippen LogP) is -0.833. The van der Waals surface area contributed by atoms with Gasteiger partial charge in [0.25, 0.3) is 0 Å². The first-order valence-corrected chi connectivity index (χ1v) is 4.28. The quantitative estimate of drug-likeness (QED) is 0.308. The van der Waals surface area contributed by atoms with Crippen molar-refractivity contribution in [2.45, 2.75) is 37.4 Å². The van der Waals surface area contributed by atoms with Crippen molar-refractivity contribution < 1.29 is 20.1 Å². The van der Waals surface area contributed by atoms with Crippen LogP contribution in [0.4, 0.5) is 0 Å². The van der Waals surface area contributed by atoms with Gasteiger partial charge in [0.15, 0.2) is 0 Å². The Hall–Kier alpha value is -0.850. The molecule has 0 radical (unpaired) electrons. The molecular weight excluding hydrogens is 190 g/mol. The van der Waals surface area contributed by atoms with Crippen LogP contribution in [-0.2, 0) is 4.74 Å². The fraction of sp³-hybridized carbons (Fsp3) is 1.00. The van der Waals surface area contributed by atoms with Gasteiger partial charge in [0.2, 0.25) is 0 Å². The molecule has 1 aliphatic heterocycles. The number of hydrogen-bond acceptors (Lipinski definition) is 5. The van der Waals surface area contributed by atoms with Crippen LogP contribution in [0.2, 0.25) is 0 Å². The predicted molar refractivity (Wildman–Crippen MR) is 46.4 cm³/mol. The van der Waals surface area contributed by atoms with E-state index in [1.54, 1.807) is 6.92 Å². The topological polar surface area (TPSA) is 119 Å². The number of aliphatic hydroxyl groups excluding tert-OH is 3. The Kier molecular flexibility index (Phi) is 3.68. The highest BCUT2D eigenvalue weighted by Crippen LogP contribution is 2.23. The highest BCUT2D eigenvalue weighted by Gasteiger charge is 2.41. The second-order valence-electron chi connectivity index (χ2n) is 3.24. The van der Waals surface area contributed by atoms with E-state index < -0.39 is 30.5 Å².